The quantitative estimate of drug-likeness (QED) is 0.774. The van der Waals surface area contributed by atoms with Gasteiger partial charge in [0.1, 0.15) is 0 Å². The summed E-state index contributed by atoms with van der Waals surface area (Å²) in [7, 11) is -4.27. The zero-order chi connectivity index (χ0) is 9.90. The predicted molar refractivity (Wildman–Crippen MR) is 51.8 cm³/mol. The molecule has 0 aromatic heterocycles. The van der Waals surface area contributed by atoms with E-state index in [1.54, 1.807) is 30.3 Å². The fourth-order valence-electron chi connectivity index (χ4n) is 0.755. The van der Waals surface area contributed by atoms with E-state index in [9.17, 15) is 8.42 Å². The lowest BCUT2D eigenvalue weighted by atomic mass is 10.2. The SMILES string of the molecule is O=S(=O)(O)/C(Cl)=C/c1ccccc1. The second-order valence-electron chi connectivity index (χ2n) is 2.33. The molecule has 0 amide bonds. The highest BCUT2D eigenvalue weighted by molar-refractivity contribution is 7.91. The summed E-state index contributed by atoms with van der Waals surface area (Å²) in [5.41, 5.74) is 0.616. The van der Waals surface area contributed by atoms with Crippen LogP contribution in [0.1, 0.15) is 5.56 Å². The molecule has 0 heterocycles. The average Bonchev–Trinajstić information content (AvgIpc) is 2.04. The van der Waals surface area contributed by atoms with Crippen LogP contribution in [0.15, 0.2) is 34.7 Å². The Bertz CT molecular complexity index is 408. The molecule has 0 aliphatic rings. The molecule has 0 spiro atoms. The minimum Gasteiger partial charge on any atom is -0.281 e. The van der Waals surface area contributed by atoms with Crippen LogP contribution >= 0.6 is 11.6 Å². The van der Waals surface area contributed by atoms with Gasteiger partial charge in [-0.25, -0.2) is 0 Å². The molecule has 70 valence electrons. The molecule has 0 aliphatic heterocycles. The lowest BCUT2D eigenvalue weighted by Gasteiger charge is -1.94. The van der Waals surface area contributed by atoms with E-state index < -0.39 is 14.5 Å². The van der Waals surface area contributed by atoms with Gasteiger partial charge < -0.3 is 0 Å². The second-order valence-corrected chi connectivity index (χ2v) is 4.36. The van der Waals surface area contributed by atoms with Gasteiger partial charge in [-0.1, -0.05) is 41.9 Å². The van der Waals surface area contributed by atoms with Crippen LogP contribution in [0, 0.1) is 0 Å². The number of benzene rings is 1. The summed E-state index contributed by atoms with van der Waals surface area (Å²) in [5, 5.41) is 0. The van der Waals surface area contributed by atoms with Gasteiger partial charge in [-0.3, -0.25) is 4.55 Å². The van der Waals surface area contributed by atoms with Gasteiger partial charge in [-0.2, -0.15) is 8.42 Å². The first kappa shape index (κ1) is 10.2. The van der Waals surface area contributed by atoms with Crippen molar-refractivity contribution in [1.29, 1.82) is 0 Å². The molecule has 5 heteroatoms. The Balaban J connectivity index is 3.04. The highest BCUT2D eigenvalue weighted by Crippen LogP contribution is 2.14. The fraction of sp³-hybridized carbons (Fsp3) is 0. The third-order valence-corrected chi connectivity index (χ3v) is 2.63. The average molecular weight is 219 g/mol. The van der Waals surface area contributed by atoms with Crippen molar-refractivity contribution in [3.05, 3.63) is 40.3 Å². The highest BCUT2D eigenvalue weighted by Gasteiger charge is 2.09. The molecular formula is C8H7ClO3S. The number of hydrogen-bond donors (Lipinski definition) is 1. The van der Waals surface area contributed by atoms with Gasteiger partial charge in [0.2, 0.25) is 0 Å². The normalized spacial score (nSPS) is 12.9. The van der Waals surface area contributed by atoms with E-state index in [2.05, 4.69) is 0 Å². The smallest absolute Gasteiger partial charge is 0.281 e. The first-order valence-electron chi connectivity index (χ1n) is 3.40. The van der Waals surface area contributed by atoms with Crippen LogP contribution in [0.2, 0.25) is 0 Å². The molecule has 13 heavy (non-hydrogen) atoms. The summed E-state index contributed by atoms with van der Waals surface area (Å²) in [6.07, 6.45) is 1.18. The van der Waals surface area contributed by atoms with Crippen LogP contribution in [0.3, 0.4) is 0 Å². The van der Waals surface area contributed by atoms with E-state index in [0.29, 0.717) is 5.56 Å². The molecule has 0 atom stereocenters. The monoisotopic (exact) mass is 218 g/mol. The minimum absolute atomic E-state index is 0.585. The lowest BCUT2D eigenvalue weighted by molar-refractivity contribution is 0.493. The van der Waals surface area contributed by atoms with Crippen LogP contribution in [0.25, 0.3) is 6.08 Å². The van der Waals surface area contributed by atoms with Gasteiger partial charge in [0.15, 0.2) is 4.36 Å². The molecule has 0 saturated carbocycles. The molecule has 1 aromatic carbocycles. The molecule has 1 rings (SSSR count). The standard InChI is InChI=1S/C8H7ClO3S/c9-8(13(10,11)12)6-7-4-2-1-3-5-7/h1-6H,(H,10,11,12)/b8-6+. The number of hydrogen-bond acceptors (Lipinski definition) is 2. The molecule has 0 fully saturated rings. The van der Waals surface area contributed by atoms with Crippen molar-refractivity contribution in [2.24, 2.45) is 0 Å². The third kappa shape index (κ3) is 3.18. The predicted octanol–water partition coefficient (Wildman–Crippen LogP) is 2.11. The molecular weight excluding hydrogens is 212 g/mol. The summed E-state index contributed by atoms with van der Waals surface area (Å²) < 4.78 is 28.9. The van der Waals surface area contributed by atoms with E-state index in [-0.39, 0.29) is 0 Å². The van der Waals surface area contributed by atoms with Gasteiger partial charge in [0.05, 0.1) is 0 Å². The van der Waals surface area contributed by atoms with Crippen molar-refractivity contribution in [3.63, 3.8) is 0 Å². The summed E-state index contributed by atoms with van der Waals surface area (Å²) in [6, 6.07) is 8.61. The first-order valence-corrected chi connectivity index (χ1v) is 5.22. The highest BCUT2D eigenvalue weighted by atomic mass is 35.5. The minimum atomic E-state index is -4.27. The molecule has 3 nitrogen and oxygen atoms in total. The van der Waals surface area contributed by atoms with Crippen molar-refractivity contribution in [3.8, 4) is 0 Å². The maximum absolute atomic E-state index is 10.5. The Morgan fingerprint density at radius 1 is 1.31 bits per heavy atom. The maximum Gasteiger partial charge on any atom is 0.305 e. The van der Waals surface area contributed by atoms with Gasteiger partial charge in [-0.05, 0) is 11.6 Å². The summed E-state index contributed by atoms with van der Waals surface area (Å²) in [6.45, 7) is 0. The van der Waals surface area contributed by atoms with Crippen molar-refractivity contribution < 1.29 is 13.0 Å². The van der Waals surface area contributed by atoms with Gasteiger partial charge in [0.25, 0.3) is 0 Å². The molecule has 0 aliphatic carbocycles. The van der Waals surface area contributed by atoms with Crippen LogP contribution in [-0.2, 0) is 10.1 Å². The zero-order valence-corrected chi connectivity index (χ0v) is 8.09. The molecule has 1 N–H and O–H groups in total. The summed E-state index contributed by atoms with van der Waals surface area (Å²) >= 11 is 5.31. The largest absolute Gasteiger partial charge is 0.305 e. The van der Waals surface area contributed by atoms with Crippen LogP contribution in [0.4, 0.5) is 0 Å². The number of halogens is 1. The second kappa shape index (κ2) is 3.91. The van der Waals surface area contributed by atoms with Crippen molar-refractivity contribution in [2.75, 3.05) is 0 Å². The van der Waals surface area contributed by atoms with E-state index >= 15 is 0 Å². The van der Waals surface area contributed by atoms with E-state index in [0.717, 1.165) is 0 Å². The van der Waals surface area contributed by atoms with Crippen molar-refractivity contribution in [2.45, 2.75) is 0 Å². The Morgan fingerprint density at radius 2 is 1.85 bits per heavy atom. The number of rotatable bonds is 2. The molecule has 0 unspecified atom stereocenters. The molecule has 0 saturated heterocycles. The van der Waals surface area contributed by atoms with Gasteiger partial charge in [0, 0.05) is 0 Å². The van der Waals surface area contributed by atoms with Crippen LogP contribution in [-0.4, -0.2) is 13.0 Å². The van der Waals surface area contributed by atoms with E-state index in [1.165, 1.54) is 6.08 Å². The van der Waals surface area contributed by atoms with Gasteiger partial charge >= 0.3 is 10.1 Å². The van der Waals surface area contributed by atoms with E-state index in [4.69, 9.17) is 16.2 Å². The maximum atomic E-state index is 10.5. The Hall–Kier alpha value is -0.840. The zero-order valence-electron chi connectivity index (χ0n) is 6.51. The molecule has 1 aromatic rings. The molecule has 0 bridgehead atoms. The Kier molecular flexibility index (Phi) is 3.08. The first-order chi connectivity index (χ1) is 6.00. The summed E-state index contributed by atoms with van der Waals surface area (Å²) in [5.74, 6) is 0. The fourth-order valence-corrected chi connectivity index (χ4v) is 1.17. The van der Waals surface area contributed by atoms with E-state index in [1.807, 2.05) is 0 Å². The van der Waals surface area contributed by atoms with Crippen LogP contribution in [0.5, 0.6) is 0 Å². The third-order valence-electron chi connectivity index (χ3n) is 1.33. The van der Waals surface area contributed by atoms with Crippen molar-refractivity contribution in [1.82, 2.24) is 0 Å². The topological polar surface area (TPSA) is 54.4 Å². The summed E-state index contributed by atoms with van der Waals surface area (Å²) in [4.78, 5) is 0. The Labute approximate surface area is 81.4 Å². The van der Waals surface area contributed by atoms with Gasteiger partial charge in [-0.15, -0.1) is 0 Å². The van der Waals surface area contributed by atoms with Crippen molar-refractivity contribution >= 4 is 27.8 Å². The van der Waals surface area contributed by atoms with Crippen LogP contribution < -0.4 is 0 Å². The lowest BCUT2D eigenvalue weighted by Crippen LogP contribution is -1.95. The Morgan fingerprint density at radius 3 is 2.31 bits per heavy atom. The molecule has 0 radical (unpaired) electrons.